The topological polar surface area (TPSA) is 64.7 Å². The standard InChI is InChI=1S/C24H28F2N4O2/c1-15-14-29(19-11-20(25)16(2)21(26)12-19)9-10-30(15)24(32)13-27-18-5-3-17-4-8-23(31)28-22(17)7-6-18/h3,6-7,11-12,15,27H,4-5,8-10,13-14H2,1-2H3,(H,28,31). The van der Waals surface area contributed by atoms with Crippen molar-refractivity contribution in [3.05, 3.63) is 64.5 Å². The van der Waals surface area contributed by atoms with Crippen LogP contribution < -0.4 is 15.5 Å². The molecule has 4 rings (SSSR count). The summed E-state index contributed by atoms with van der Waals surface area (Å²) in [5.41, 5.74) is 3.39. The van der Waals surface area contributed by atoms with Gasteiger partial charge in [0.25, 0.3) is 0 Å². The van der Waals surface area contributed by atoms with E-state index in [1.165, 1.54) is 19.1 Å². The van der Waals surface area contributed by atoms with Crippen LogP contribution >= 0.6 is 0 Å². The average molecular weight is 443 g/mol. The predicted octanol–water partition coefficient (Wildman–Crippen LogP) is 2.91. The molecule has 8 heteroatoms. The molecule has 32 heavy (non-hydrogen) atoms. The summed E-state index contributed by atoms with van der Waals surface area (Å²) in [4.78, 5) is 28.1. The normalized spacial score (nSPS) is 21.1. The zero-order chi connectivity index (χ0) is 22.8. The summed E-state index contributed by atoms with van der Waals surface area (Å²) < 4.78 is 27.9. The van der Waals surface area contributed by atoms with E-state index < -0.39 is 11.6 Å². The number of allylic oxidation sites excluding steroid dienone is 4. The highest BCUT2D eigenvalue weighted by molar-refractivity contribution is 5.81. The molecule has 3 aliphatic rings. The van der Waals surface area contributed by atoms with Gasteiger partial charge in [-0.3, -0.25) is 9.59 Å². The number of anilines is 1. The molecule has 2 fully saturated rings. The van der Waals surface area contributed by atoms with Gasteiger partial charge in [-0.05, 0) is 50.1 Å². The van der Waals surface area contributed by atoms with E-state index in [0.29, 0.717) is 38.2 Å². The fourth-order valence-electron chi connectivity index (χ4n) is 4.32. The number of hydrogen-bond donors (Lipinski definition) is 2. The summed E-state index contributed by atoms with van der Waals surface area (Å²) in [5.74, 6) is -1.11. The van der Waals surface area contributed by atoms with Gasteiger partial charge in [0, 0.05) is 61.2 Å². The molecule has 2 heterocycles. The first-order chi connectivity index (χ1) is 15.3. The fraction of sp³-hybridized carbons (Fsp3) is 0.417. The zero-order valence-corrected chi connectivity index (χ0v) is 18.4. The van der Waals surface area contributed by atoms with Crippen LogP contribution in [0.25, 0.3) is 0 Å². The van der Waals surface area contributed by atoms with Gasteiger partial charge in [0.15, 0.2) is 0 Å². The van der Waals surface area contributed by atoms with Crippen LogP contribution in [0.5, 0.6) is 0 Å². The molecule has 170 valence electrons. The average Bonchev–Trinajstić information content (AvgIpc) is 2.97. The molecule has 1 unspecified atom stereocenters. The van der Waals surface area contributed by atoms with Crippen molar-refractivity contribution in [3.8, 4) is 0 Å². The molecular weight excluding hydrogens is 414 g/mol. The second kappa shape index (κ2) is 9.14. The maximum absolute atomic E-state index is 13.9. The number of nitrogens with zero attached hydrogens (tertiary/aromatic N) is 2. The summed E-state index contributed by atoms with van der Waals surface area (Å²) >= 11 is 0. The highest BCUT2D eigenvalue weighted by Gasteiger charge is 2.28. The van der Waals surface area contributed by atoms with Crippen molar-refractivity contribution in [1.82, 2.24) is 15.5 Å². The SMILES string of the molecule is Cc1c(F)cc(N2CCN(C(=O)CNC3=CC=C4NC(=O)CCC4=CC3)C(C)C2)cc1F. The third kappa shape index (κ3) is 4.69. The van der Waals surface area contributed by atoms with E-state index in [0.717, 1.165) is 23.4 Å². The number of amides is 2. The minimum absolute atomic E-state index is 0.0161. The molecule has 2 saturated heterocycles. The molecule has 1 aliphatic carbocycles. The van der Waals surface area contributed by atoms with Gasteiger partial charge in [0.1, 0.15) is 11.6 Å². The van der Waals surface area contributed by atoms with E-state index in [-0.39, 0.29) is 30.0 Å². The highest BCUT2D eigenvalue weighted by Crippen LogP contribution is 2.25. The second-order valence-corrected chi connectivity index (χ2v) is 8.52. The van der Waals surface area contributed by atoms with Crippen molar-refractivity contribution in [1.29, 1.82) is 0 Å². The minimum atomic E-state index is -0.559. The number of carbonyl (C=O) groups excluding carboxylic acids is 2. The molecule has 6 nitrogen and oxygen atoms in total. The lowest BCUT2D eigenvalue weighted by Crippen LogP contribution is -2.55. The molecule has 2 N–H and O–H groups in total. The van der Waals surface area contributed by atoms with Crippen molar-refractivity contribution in [2.24, 2.45) is 0 Å². The summed E-state index contributed by atoms with van der Waals surface area (Å²) in [7, 11) is 0. The summed E-state index contributed by atoms with van der Waals surface area (Å²) in [6, 6.07) is 2.62. The van der Waals surface area contributed by atoms with Gasteiger partial charge < -0.3 is 20.4 Å². The Morgan fingerprint density at radius 1 is 1.19 bits per heavy atom. The van der Waals surface area contributed by atoms with E-state index in [1.807, 2.05) is 24.0 Å². The smallest absolute Gasteiger partial charge is 0.242 e. The van der Waals surface area contributed by atoms with E-state index >= 15 is 0 Å². The molecule has 0 radical (unpaired) electrons. The number of fused-ring (bicyclic) bond motifs is 1. The minimum Gasteiger partial charge on any atom is -0.379 e. The van der Waals surface area contributed by atoms with Gasteiger partial charge in [0.05, 0.1) is 6.54 Å². The van der Waals surface area contributed by atoms with Crippen LogP contribution in [-0.2, 0) is 9.59 Å². The fourth-order valence-corrected chi connectivity index (χ4v) is 4.32. The molecule has 0 bridgehead atoms. The van der Waals surface area contributed by atoms with Gasteiger partial charge >= 0.3 is 0 Å². The largest absolute Gasteiger partial charge is 0.379 e. The van der Waals surface area contributed by atoms with Crippen molar-refractivity contribution >= 4 is 17.5 Å². The third-order valence-corrected chi connectivity index (χ3v) is 6.31. The Balaban J connectivity index is 1.33. The van der Waals surface area contributed by atoms with Gasteiger partial charge in [-0.25, -0.2) is 8.78 Å². The summed E-state index contributed by atoms with van der Waals surface area (Å²) in [6.07, 6.45) is 7.77. The quantitative estimate of drug-likeness (QED) is 0.753. The molecule has 1 aromatic carbocycles. The van der Waals surface area contributed by atoms with Gasteiger partial charge in [-0.1, -0.05) is 6.08 Å². The number of nitrogens with one attached hydrogen (secondary N) is 2. The van der Waals surface area contributed by atoms with Crippen LogP contribution in [0.2, 0.25) is 0 Å². The molecule has 2 amide bonds. The molecular formula is C24H28F2N4O2. The first-order valence-electron chi connectivity index (χ1n) is 11.0. The van der Waals surface area contributed by atoms with Crippen LogP contribution in [0.1, 0.15) is 31.7 Å². The lowest BCUT2D eigenvalue weighted by atomic mass is 10.0. The Morgan fingerprint density at radius 3 is 2.66 bits per heavy atom. The number of carbonyl (C=O) groups is 2. The van der Waals surface area contributed by atoms with Crippen LogP contribution in [0, 0.1) is 18.6 Å². The summed E-state index contributed by atoms with van der Waals surface area (Å²) in [5, 5.41) is 6.10. The Morgan fingerprint density at radius 2 is 1.94 bits per heavy atom. The second-order valence-electron chi connectivity index (χ2n) is 8.52. The van der Waals surface area contributed by atoms with E-state index in [1.54, 1.807) is 4.90 Å². The molecule has 1 atom stereocenters. The maximum Gasteiger partial charge on any atom is 0.242 e. The number of hydrogen-bond acceptors (Lipinski definition) is 4. The first-order valence-corrected chi connectivity index (χ1v) is 11.0. The number of rotatable bonds is 4. The lowest BCUT2D eigenvalue weighted by molar-refractivity contribution is -0.132. The molecule has 0 spiro atoms. The molecule has 0 saturated carbocycles. The maximum atomic E-state index is 13.9. The van der Waals surface area contributed by atoms with Crippen LogP contribution in [0.3, 0.4) is 0 Å². The van der Waals surface area contributed by atoms with E-state index in [9.17, 15) is 18.4 Å². The summed E-state index contributed by atoms with van der Waals surface area (Å²) in [6.45, 7) is 5.03. The van der Waals surface area contributed by atoms with Crippen LogP contribution in [0.4, 0.5) is 14.5 Å². The monoisotopic (exact) mass is 442 g/mol. The molecule has 2 aliphatic heterocycles. The Hall–Kier alpha value is -3.16. The lowest BCUT2D eigenvalue weighted by Gasteiger charge is -2.41. The Labute approximate surface area is 186 Å². The van der Waals surface area contributed by atoms with E-state index in [2.05, 4.69) is 16.7 Å². The third-order valence-electron chi connectivity index (χ3n) is 6.31. The Kier molecular flexibility index (Phi) is 6.30. The van der Waals surface area contributed by atoms with Crippen LogP contribution in [0.15, 0.2) is 47.3 Å². The number of halogens is 2. The molecule has 1 aromatic rings. The number of piperazine rings is 1. The van der Waals surface area contributed by atoms with Crippen molar-refractivity contribution < 1.29 is 18.4 Å². The number of piperidine rings is 1. The zero-order valence-electron chi connectivity index (χ0n) is 18.4. The molecule has 0 aromatic heterocycles. The van der Waals surface area contributed by atoms with Gasteiger partial charge in [0.2, 0.25) is 11.8 Å². The number of benzene rings is 1. The first kappa shape index (κ1) is 22.0. The van der Waals surface area contributed by atoms with Crippen molar-refractivity contribution in [2.75, 3.05) is 31.1 Å². The van der Waals surface area contributed by atoms with Crippen molar-refractivity contribution in [2.45, 2.75) is 39.2 Å². The van der Waals surface area contributed by atoms with Crippen molar-refractivity contribution in [3.63, 3.8) is 0 Å². The van der Waals surface area contributed by atoms with Gasteiger partial charge in [-0.15, -0.1) is 0 Å². The Bertz CT molecular complexity index is 1010. The predicted molar refractivity (Wildman–Crippen MR) is 119 cm³/mol. The van der Waals surface area contributed by atoms with E-state index in [4.69, 9.17) is 0 Å². The van der Waals surface area contributed by atoms with Gasteiger partial charge in [-0.2, -0.15) is 0 Å². The van der Waals surface area contributed by atoms with Crippen LogP contribution in [-0.4, -0.2) is 48.9 Å². The highest BCUT2D eigenvalue weighted by atomic mass is 19.1.